The molecular formula is C13H25Cl3O2Si. The van der Waals surface area contributed by atoms with Gasteiger partial charge in [-0.2, -0.15) is 0 Å². The van der Waals surface area contributed by atoms with Gasteiger partial charge in [0.2, 0.25) is 0 Å². The summed E-state index contributed by atoms with van der Waals surface area (Å²) in [5, 5.41) is 0. The number of ether oxygens (including phenoxy) is 1. The van der Waals surface area contributed by atoms with E-state index in [1.807, 2.05) is 0 Å². The molecule has 2 nitrogen and oxygen atoms in total. The average molecular weight is 348 g/mol. The zero-order valence-electron chi connectivity index (χ0n) is 11.7. The van der Waals surface area contributed by atoms with Crippen molar-refractivity contribution in [2.45, 2.75) is 70.8 Å². The third-order valence-electron chi connectivity index (χ3n) is 2.85. The predicted octanol–water partition coefficient (Wildman–Crippen LogP) is 5.72. The lowest BCUT2D eigenvalue weighted by atomic mass is 10.2. The Morgan fingerprint density at radius 1 is 0.947 bits per heavy atom. The van der Waals surface area contributed by atoms with Crippen LogP contribution in [0.15, 0.2) is 0 Å². The largest absolute Gasteiger partial charge is 0.466 e. The van der Waals surface area contributed by atoms with Crippen molar-refractivity contribution < 1.29 is 9.53 Å². The van der Waals surface area contributed by atoms with Crippen molar-refractivity contribution in [2.24, 2.45) is 0 Å². The van der Waals surface area contributed by atoms with E-state index in [0.29, 0.717) is 13.0 Å². The van der Waals surface area contributed by atoms with Gasteiger partial charge in [-0.3, -0.25) is 4.79 Å². The Kier molecular flexibility index (Phi) is 12.7. The summed E-state index contributed by atoms with van der Waals surface area (Å²) in [6.45, 7) is 2.67. The van der Waals surface area contributed by atoms with Gasteiger partial charge in [-0.15, -0.1) is 33.2 Å². The Balaban J connectivity index is 3.20. The Bertz CT molecular complexity index is 232. The summed E-state index contributed by atoms with van der Waals surface area (Å²) in [4.78, 5) is 11.3. The normalized spacial score (nSPS) is 11.6. The van der Waals surface area contributed by atoms with E-state index in [0.717, 1.165) is 57.4 Å². The minimum atomic E-state index is -2.42. The lowest BCUT2D eigenvalue weighted by molar-refractivity contribution is -0.143. The molecule has 0 spiro atoms. The van der Waals surface area contributed by atoms with Crippen LogP contribution >= 0.6 is 33.2 Å². The van der Waals surface area contributed by atoms with Gasteiger partial charge in [-0.25, -0.2) is 0 Å². The highest BCUT2D eigenvalue weighted by molar-refractivity contribution is 7.64. The molecule has 0 aromatic carbocycles. The zero-order valence-corrected chi connectivity index (χ0v) is 15.0. The highest BCUT2D eigenvalue weighted by Crippen LogP contribution is 2.27. The van der Waals surface area contributed by atoms with Crippen molar-refractivity contribution in [3.63, 3.8) is 0 Å². The van der Waals surface area contributed by atoms with Gasteiger partial charge in [0.1, 0.15) is 0 Å². The van der Waals surface area contributed by atoms with Gasteiger partial charge in [0.05, 0.1) is 6.61 Å². The second-order valence-corrected chi connectivity index (χ2v) is 14.1. The molecule has 0 aliphatic heterocycles. The molecule has 0 aromatic heterocycles. The van der Waals surface area contributed by atoms with Gasteiger partial charge >= 0.3 is 12.0 Å². The summed E-state index contributed by atoms with van der Waals surface area (Å²) >= 11 is 17.4. The first-order valence-electron chi connectivity index (χ1n) is 7.18. The molecule has 0 amide bonds. The predicted molar refractivity (Wildman–Crippen MR) is 86.3 cm³/mol. The van der Waals surface area contributed by atoms with Gasteiger partial charge in [0.25, 0.3) is 0 Å². The maximum absolute atomic E-state index is 11.3. The number of hydrogen-bond acceptors (Lipinski definition) is 2. The van der Waals surface area contributed by atoms with Crippen molar-refractivity contribution in [1.82, 2.24) is 0 Å². The molecule has 114 valence electrons. The van der Waals surface area contributed by atoms with Crippen LogP contribution in [0.5, 0.6) is 0 Å². The zero-order chi connectivity index (χ0) is 14.6. The smallest absolute Gasteiger partial charge is 0.341 e. The van der Waals surface area contributed by atoms with Crippen LogP contribution < -0.4 is 0 Å². The maximum Gasteiger partial charge on any atom is 0.341 e. The van der Waals surface area contributed by atoms with E-state index in [9.17, 15) is 4.79 Å². The summed E-state index contributed by atoms with van der Waals surface area (Å²) in [6.07, 6.45) is 8.92. The minimum Gasteiger partial charge on any atom is -0.466 e. The SMILES string of the molecule is CCCCCC(=O)OCCCCCCC[Si](Cl)(Cl)Cl. The molecule has 0 unspecified atom stereocenters. The number of unbranched alkanes of at least 4 members (excludes halogenated alkanes) is 6. The first-order valence-corrected chi connectivity index (χ1v) is 12.4. The Morgan fingerprint density at radius 3 is 2.21 bits per heavy atom. The highest BCUT2D eigenvalue weighted by Gasteiger charge is 2.23. The highest BCUT2D eigenvalue weighted by atomic mass is 35.8. The monoisotopic (exact) mass is 346 g/mol. The van der Waals surface area contributed by atoms with E-state index >= 15 is 0 Å². The Morgan fingerprint density at radius 2 is 1.58 bits per heavy atom. The van der Waals surface area contributed by atoms with Gasteiger partial charge in [-0.05, 0) is 18.9 Å². The van der Waals surface area contributed by atoms with Gasteiger partial charge in [-0.1, -0.05) is 45.4 Å². The third-order valence-corrected chi connectivity index (χ3v) is 5.47. The standard InChI is InChI=1S/C13H25Cl3O2Si/c1-2-3-7-10-13(17)18-11-8-5-4-6-9-12-19(14,15)16/h2-12H2,1H3. The van der Waals surface area contributed by atoms with E-state index < -0.39 is 6.00 Å². The third kappa shape index (κ3) is 16.5. The summed E-state index contributed by atoms with van der Waals surface area (Å²) in [7, 11) is 0. The lowest BCUT2D eigenvalue weighted by Gasteiger charge is -2.07. The molecule has 0 aliphatic carbocycles. The van der Waals surface area contributed by atoms with E-state index in [2.05, 4.69) is 6.92 Å². The Hall–Kier alpha value is 0.557. The topological polar surface area (TPSA) is 26.3 Å². The van der Waals surface area contributed by atoms with Crippen molar-refractivity contribution in [3.8, 4) is 0 Å². The van der Waals surface area contributed by atoms with E-state index in [4.69, 9.17) is 38.0 Å². The fraction of sp³-hybridized carbons (Fsp3) is 0.923. The van der Waals surface area contributed by atoms with Crippen LogP contribution in [0.1, 0.15) is 64.7 Å². The molecule has 0 aliphatic rings. The summed E-state index contributed by atoms with van der Waals surface area (Å²) in [5.74, 6) is -0.0596. The van der Waals surface area contributed by atoms with Crippen molar-refractivity contribution in [1.29, 1.82) is 0 Å². The van der Waals surface area contributed by atoms with Crippen molar-refractivity contribution >= 4 is 45.2 Å². The van der Waals surface area contributed by atoms with E-state index in [1.165, 1.54) is 0 Å². The number of carbonyl (C=O) groups excluding carboxylic acids is 1. The molecule has 19 heavy (non-hydrogen) atoms. The number of rotatable bonds is 12. The Labute approximate surface area is 132 Å². The van der Waals surface area contributed by atoms with Gasteiger partial charge in [0, 0.05) is 6.42 Å². The van der Waals surface area contributed by atoms with E-state index in [-0.39, 0.29) is 5.97 Å². The van der Waals surface area contributed by atoms with Crippen LogP contribution in [-0.2, 0) is 9.53 Å². The summed E-state index contributed by atoms with van der Waals surface area (Å²) in [6, 6.07) is -1.68. The van der Waals surface area contributed by atoms with Gasteiger partial charge < -0.3 is 4.74 Å². The summed E-state index contributed by atoms with van der Waals surface area (Å²) in [5.41, 5.74) is 0. The summed E-state index contributed by atoms with van der Waals surface area (Å²) < 4.78 is 5.15. The van der Waals surface area contributed by atoms with Crippen molar-refractivity contribution in [3.05, 3.63) is 0 Å². The molecule has 0 rings (SSSR count). The molecular weight excluding hydrogens is 323 g/mol. The van der Waals surface area contributed by atoms with Crippen molar-refractivity contribution in [2.75, 3.05) is 6.61 Å². The molecule has 0 radical (unpaired) electrons. The number of carbonyl (C=O) groups is 1. The molecule has 0 aromatic rings. The van der Waals surface area contributed by atoms with Crippen LogP contribution in [0.2, 0.25) is 6.04 Å². The molecule has 0 fully saturated rings. The number of esters is 1. The van der Waals surface area contributed by atoms with Crippen LogP contribution in [-0.4, -0.2) is 18.6 Å². The van der Waals surface area contributed by atoms with Crippen LogP contribution in [0.25, 0.3) is 0 Å². The van der Waals surface area contributed by atoms with Gasteiger partial charge in [0.15, 0.2) is 0 Å². The maximum atomic E-state index is 11.3. The molecule has 6 heteroatoms. The first kappa shape index (κ1) is 19.6. The fourth-order valence-electron chi connectivity index (χ4n) is 1.74. The molecule has 0 bridgehead atoms. The second-order valence-electron chi connectivity index (χ2n) is 4.81. The lowest BCUT2D eigenvalue weighted by Crippen LogP contribution is -2.07. The quantitative estimate of drug-likeness (QED) is 0.195. The van der Waals surface area contributed by atoms with E-state index in [1.54, 1.807) is 0 Å². The van der Waals surface area contributed by atoms with Crippen LogP contribution in [0.3, 0.4) is 0 Å². The molecule has 0 N–H and O–H groups in total. The fourth-order valence-corrected chi connectivity index (χ4v) is 3.59. The average Bonchev–Trinajstić information content (AvgIpc) is 2.31. The number of hydrogen-bond donors (Lipinski definition) is 0. The molecule has 0 saturated heterocycles. The minimum absolute atomic E-state index is 0.0596. The van der Waals surface area contributed by atoms with Crippen LogP contribution in [0.4, 0.5) is 0 Å². The first-order chi connectivity index (χ1) is 8.95. The van der Waals surface area contributed by atoms with Crippen LogP contribution in [0, 0.1) is 0 Å². The molecule has 0 saturated carbocycles. The molecule has 0 atom stereocenters. The number of halogens is 3. The second kappa shape index (κ2) is 12.3. The molecule has 0 heterocycles.